The van der Waals surface area contributed by atoms with Crippen LogP contribution in [-0.4, -0.2) is 15.4 Å². The Morgan fingerprint density at radius 2 is 2.04 bits per heavy atom. The van der Waals surface area contributed by atoms with Crippen LogP contribution in [0.1, 0.15) is 10.4 Å². The predicted octanol–water partition coefficient (Wildman–Crippen LogP) is 4.26. The van der Waals surface area contributed by atoms with Crippen molar-refractivity contribution < 1.29 is 9.72 Å². The molecular weight excluding hydrogens is 381 g/mol. The van der Waals surface area contributed by atoms with Crippen LogP contribution in [0, 0.1) is 10.1 Å². The Morgan fingerprint density at radius 3 is 2.65 bits per heavy atom. The summed E-state index contributed by atoms with van der Waals surface area (Å²) >= 11 is 14.1. The molecular formula is C13H7Cl2N3O3S2. The molecule has 0 aliphatic heterocycles. The summed E-state index contributed by atoms with van der Waals surface area (Å²) in [6, 6.07) is 5.97. The van der Waals surface area contributed by atoms with E-state index in [-0.39, 0.29) is 15.6 Å². The second-order valence-corrected chi connectivity index (χ2v) is 7.80. The number of amides is 1. The van der Waals surface area contributed by atoms with Gasteiger partial charge in [-0.3, -0.25) is 14.9 Å². The van der Waals surface area contributed by atoms with E-state index in [1.165, 1.54) is 29.5 Å². The molecule has 0 N–H and O–H groups in total. The minimum atomic E-state index is -0.505. The van der Waals surface area contributed by atoms with E-state index in [0.717, 1.165) is 16.9 Å². The largest absolute Gasteiger partial charge is 0.319 e. The van der Waals surface area contributed by atoms with Gasteiger partial charge in [-0.1, -0.05) is 34.5 Å². The molecule has 2 heterocycles. The highest BCUT2D eigenvalue weighted by atomic mass is 35.5. The molecule has 3 aromatic rings. The Labute approximate surface area is 147 Å². The zero-order chi connectivity index (χ0) is 16.7. The molecule has 0 saturated carbocycles. The fourth-order valence-corrected chi connectivity index (χ4v) is 4.47. The maximum absolute atomic E-state index is 12.2. The van der Waals surface area contributed by atoms with Crippen molar-refractivity contribution in [1.29, 1.82) is 0 Å². The molecule has 118 valence electrons. The number of rotatable bonds is 2. The first-order valence-electron chi connectivity index (χ1n) is 6.14. The van der Waals surface area contributed by atoms with Gasteiger partial charge in [0, 0.05) is 19.2 Å². The SMILES string of the molecule is Cn1c(=NC(=O)c2cc(Cl)sc2Cl)sc2cc([N+](=O)[O-])ccc21. The average Bonchev–Trinajstić information content (AvgIpc) is 2.98. The Bertz CT molecular complexity index is 1020. The van der Waals surface area contributed by atoms with Crippen molar-refractivity contribution in [3.8, 4) is 0 Å². The van der Waals surface area contributed by atoms with E-state index in [4.69, 9.17) is 23.2 Å². The van der Waals surface area contributed by atoms with Gasteiger partial charge in [0.25, 0.3) is 11.6 Å². The predicted molar refractivity (Wildman–Crippen MR) is 91.7 cm³/mol. The fraction of sp³-hybridized carbons (Fsp3) is 0.0769. The van der Waals surface area contributed by atoms with Crippen LogP contribution in [0.25, 0.3) is 10.2 Å². The molecule has 3 rings (SSSR count). The highest BCUT2D eigenvalue weighted by Gasteiger charge is 2.15. The van der Waals surface area contributed by atoms with Crippen LogP contribution in [-0.2, 0) is 7.05 Å². The maximum Gasteiger partial charge on any atom is 0.282 e. The lowest BCUT2D eigenvalue weighted by Gasteiger charge is -1.95. The number of aryl methyl sites for hydroxylation is 1. The van der Waals surface area contributed by atoms with Gasteiger partial charge in [0.1, 0.15) is 4.34 Å². The number of thiazole rings is 1. The zero-order valence-electron chi connectivity index (χ0n) is 11.4. The molecule has 0 radical (unpaired) electrons. The van der Waals surface area contributed by atoms with Gasteiger partial charge >= 0.3 is 0 Å². The smallest absolute Gasteiger partial charge is 0.282 e. The Hall–Kier alpha value is -1.74. The van der Waals surface area contributed by atoms with Crippen molar-refractivity contribution >= 4 is 67.7 Å². The number of nitro groups is 1. The van der Waals surface area contributed by atoms with Crippen LogP contribution in [0.15, 0.2) is 29.3 Å². The monoisotopic (exact) mass is 387 g/mol. The van der Waals surface area contributed by atoms with Crippen molar-refractivity contribution in [2.75, 3.05) is 0 Å². The summed E-state index contributed by atoms with van der Waals surface area (Å²) in [5.41, 5.74) is 0.983. The number of non-ortho nitro benzene ring substituents is 1. The Morgan fingerprint density at radius 1 is 1.30 bits per heavy atom. The summed E-state index contributed by atoms with van der Waals surface area (Å²) in [6.45, 7) is 0. The van der Waals surface area contributed by atoms with Gasteiger partial charge < -0.3 is 4.57 Å². The highest BCUT2D eigenvalue weighted by molar-refractivity contribution is 7.20. The summed E-state index contributed by atoms with van der Waals surface area (Å²) < 4.78 is 3.06. The molecule has 1 aromatic carbocycles. The quantitative estimate of drug-likeness (QED) is 0.486. The number of halogens is 2. The Balaban J connectivity index is 2.12. The first-order chi connectivity index (χ1) is 10.9. The Kier molecular flexibility index (Phi) is 4.24. The molecule has 0 spiro atoms. The van der Waals surface area contributed by atoms with E-state index in [9.17, 15) is 14.9 Å². The van der Waals surface area contributed by atoms with Crippen LogP contribution in [0.3, 0.4) is 0 Å². The molecule has 0 aliphatic carbocycles. The van der Waals surface area contributed by atoms with Crippen LogP contribution < -0.4 is 4.80 Å². The second kappa shape index (κ2) is 6.04. The number of hydrogen-bond donors (Lipinski definition) is 0. The molecule has 0 saturated heterocycles. The summed E-state index contributed by atoms with van der Waals surface area (Å²) in [5, 5.41) is 10.8. The van der Waals surface area contributed by atoms with Gasteiger partial charge in [-0.2, -0.15) is 4.99 Å². The van der Waals surface area contributed by atoms with E-state index >= 15 is 0 Å². The lowest BCUT2D eigenvalue weighted by molar-refractivity contribution is -0.384. The van der Waals surface area contributed by atoms with E-state index in [2.05, 4.69) is 4.99 Å². The second-order valence-electron chi connectivity index (χ2n) is 4.51. The summed E-state index contributed by atoms with van der Waals surface area (Å²) in [6.07, 6.45) is 0. The molecule has 10 heteroatoms. The number of aromatic nitrogens is 1. The number of carbonyl (C=O) groups is 1. The third-order valence-corrected chi connectivity index (χ3v) is 5.67. The van der Waals surface area contributed by atoms with E-state index in [1.54, 1.807) is 17.7 Å². The molecule has 6 nitrogen and oxygen atoms in total. The molecule has 0 unspecified atom stereocenters. The van der Waals surface area contributed by atoms with Crippen molar-refractivity contribution in [3.63, 3.8) is 0 Å². The third kappa shape index (κ3) is 3.02. The fourth-order valence-electron chi connectivity index (χ4n) is 1.98. The molecule has 0 bridgehead atoms. The first-order valence-corrected chi connectivity index (χ1v) is 8.53. The molecule has 0 fully saturated rings. The number of fused-ring (bicyclic) bond motifs is 1. The van der Waals surface area contributed by atoms with Gasteiger partial charge in [-0.25, -0.2) is 0 Å². The summed E-state index contributed by atoms with van der Waals surface area (Å²) in [5.74, 6) is -0.505. The number of thiophene rings is 1. The van der Waals surface area contributed by atoms with Crippen molar-refractivity contribution in [2.24, 2.45) is 12.0 Å². The highest BCUT2D eigenvalue weighted by Crippen LogP contribution is 2.31. The topological polar surface area (TPSA) is 77.5 Å². The number of hydrogen-bond acceptors (Lipinski definition) is 5. The van der Waals surface area contributed by atoms with Crippen LogP contribution in [0.4, 0.5) is 5.69 Å². The normalized spacial score (nSPS) is 12.0. The van der Waals surface area contributed by atoms with Crippen LogP contribution in [0.2, 0.25) is 8.67 Å². The van der Waals surface area contributed by atoms with Gasteiger partial charge in [0.05, 0.1) is 25.0 Å². The van der Waals surface area contributed by atoms with Crippen molar-refractivity contribution in [2.45, 2.75) is 0 Å². The van der Waals surface area contributed by atoms with Gasteiger partial charge in [0.2, 0.25) is 0 Å². The van der Waals surface area contributed by atoms with Crippen LogP contribution >= 0.6 is 45.9 Å². The van der Waals surface area contributed by atoms with Gasteiger partial charge in [-0.05, 0) is 12.1 Å². The lowest BCUT2D eigenvalue weighted by Crippen LogP contribution is -2.13. The number of nitro benzene ring substituents is 1. The minimum absolute atomic E-state index is 0.00936. The minimum Gasteiger partial charge on any atom is -0.319 e. The molecule has 23 heavy (non-hydrogen) atoms. The van der Waals surface area contributed by atoms with E-state index < -0.39 is 10.8 Å². The number of carbonyl (C=O) groups excluding carboxylic acids is 1. The summed E-state index contributed by atoms with van der Waals surface area (Å²) in [4.78, 5) is 27.1. The molecule has 1 amide bonds. The third-order valence-electron chi connectivity index (χ3n) is 3.09. The maximum atomic E-state index is 12.2. The van der Waals surface area contributed by atoms with Gasteiger partial charge in [0.15, 0.2) is 4.80 Å². The van der Waals surface area contributed by atoms with E-state index in [1.807, 2.05) is 0 Å². The zero-order valence-corrected chi connectivity index (χ0v) is 14.6. The number of benzene rings is 1. The first kappa shape index (κ1) is 16.1. The molecule has 0 aliphatic rings. The molecule has 2 aromatic heterocycles. The van der Waals surface area contributed by atoms with Crippen molar-refractivity contribution in [3.05, 3.63) is 53.4 Å². The number of nitrogens with zero attached hydrogens (tertiary/aromatic N) is 3. The molecule has 0 atom stereocenters. The van der Waals surface area contributed by atoms with E-state index in [0.29, 0.717) is 13.8 Å². The standard InChI is InChI=1S/C13H7Cl2N3O3S2/c1-17-8-3-2-6(18(20)21)4-9(8)22-13(17)16-12(19)7-5-10(14)23-11(7)15/h2-5H,1H3. The van der Waals surface area contributed by atoms with Crippen LogP contribution in [0.5, 0.6) is 0 Å². The summed E-state index contributed by atoms with van der Waals surface area (Å²) in [7, 11) is 1.74. The lowest BCUT2D eigenvalue weighted by atomic mass is 10.3. The van der Waals surface area contributed by atoms with Crippen molar-refractivity contribution in [1.82, 2.24) is 4.57 Å². The van der Waals surface area contributed by atoms with Gasteiger partial charge in [-0.15, -0.1) is 11.3 Å². The average molecular weight is 388 g/mol.